The molecule has 0 N–H and O–H groups in total. The zero-order chi connectivity index (χ0) is 17.0. The van der Waals surface area contributed by atoms with Crippen LogP contribution in [0.3, 0.4) is 0 Å². The number of amides is 1. The lowest BCUT2D eigenvalue weighted by atomic mass is 10.0. The quantitative estimate of drug-likeness (QED) is 0.793. The Morgan fingerprint density at radius 1 is 1.39 bits per heavy atom. The summed E-state index contributed by atoms with van der Waals surface area (Å²) in [5.74, 6) is -0.414. The van der Waals surface area contributed by atoms with Crippen molar-refractivity contribution in [3.05, 3.63) is 42.1 Å². The van der Waals surface area contributed by atoms with Crippen molar-refractivity contribution in [2.45, 2.75) is 26.8 Å². The number of hydrogen-bond donors (Lipinski definition) is 0. The molecule has 0 fully saturated rings. The largest absolute Gasteiger partial charge is 0.454 e. The van der Waals surface area contributed by atoms with E-state index in [2.05, 4.69) is 9.97 Å². The third-order valence-corrected chi connectivity index (χ3v) is 3.32. The van der Waals surface area contributed by atoms with Crippen LogP contribution >= 0.6 is 0 Å². The normalized spacial score (nSPS) is 10.7. The summed E-state index contributed by atoms with van der Waals surface area (Å²) in [4.78, 5) is 21.9. The van der Waals surface area contributed by atoms with Crippen molar-refractivity contribution in [3.8, 4) is 11.5 Å². The molecule has 0 saturated carbocycles. The monoisotopic (exact) mass is 313 g/mol. The fourth-order valence-corrected chi connectivity index (χ4v) is 2.18. The van der Waals surface area contributed by atoms with Crippen LogP contribution < -0.4 is 10.3 Å². The van der Waals surface area contributed by atoms with Crippen LogP contribution in [-0.4, -0.2) is 41.2 Å². The zero-order valence-electron chi connectivity index (χ0n) is 13.3. The van der Waals surface area contributed by atoms with Gasteiger partial charge in [0.2, 0.25) is 0 Å². The molecule has 0 aliphatic carbocycles. The molecule has 1 heterocycles. The number of nitrogens with zero attached hydrogens (tertiary/aromatic N) is 3. The zero-order valence-corrected chi connectivity index (χ0v) is 13.3. The lowest BCUT2D eigenvalue weighted by Gasteiger charge is -2.26. The minimum absolute atomic E-state index is 0.0197. The first-order chi connectivity index (χ1) is 10.9. The molecular weight excluding hydrogens is 296 g/mol. The van der Waals surface area contributed by atoms with Crippen LogP contribution in [-0.2, 0) is 0 Å². The molecule has 1 aromatic carbocycles. The highest BCUT2D eigenvalue weighted by Gasteiger charge is 2.22. The van der Waals surface area contributed by atoms with E-state index in [4.69, 9.17) is 12.6 Å². The molecule has 0 spiro atoms. The highest BCUT2D eigenvalue weighted by molar-refractivity contribution is 6.32. The topological polar surface area (TPSA) is 55.3 Å². The molecule has 0 aliphatic heterocycles. The van der Waals surface area contributed by atoms with Gasteiger partial charge in [0, 0.05) is 18.2 Å². The molecule has 7 heteroatoms. The Morgan fingerprint density at radius 2 is 2.13 bits per heavy atom. The van der Waals surface area contributed by atoms with Crippen molar-refractivity contribution in [2.24, 2.45) is 0 Å². The lowest BCUT2D eigenvalue weighted by Crippen LogP contribution is -2.36. The minimum atomic E-state index is -0.516. The Labute approximate surface area is 135 Å². The van der Waals surface area contributed by atoms with E-state index in [1.54, 1.807) is 4.90 Å². The fraction of sp³-hybridized carbons (Fsp3) is 0.312. The van der Waals surface area contributed by atoms with Crippen molar-refractivity contribution in [1.29, 1.82) is 0 Å². The van der Waals surface area contributed by atoms with Crippen LogP contribution in [0.4, 0.5) is 4.39 Å². The molecule has 0 saturated heterocycles. The number of benzene rings is 1. The Morgan fingerprint density at radius 3 is 2.74 bits per heavy atom. The van der Waals surface area contributed by atoms with Crippen molar-refractivity contribution in [2.75, 3.05) is 6.54 Å². The molecule has 0 bridgehead atoms. The molecule has 0 unspecified atom stereocenters. The molecule has 1 amide bonds. The molecule has 118 valence electrons. The van der Waals surface area contributed by atoms with Crippen LogP contribution in [0.1, 0.15) is 31.1 Å². The molecule has 2 radical (unpaired) electrons. The third-order valence-electron chi connectivity index (χ3n) is 3.32. The summed E-state index contributed by atoms with van der Waals surface area (Å²) in [6.45, 7) is 6.15. The fourth-order valence-electron chi connectivity index (χ4n) is 2.18. The average Bonchev–Trinajstić information content (AvgIpc) is 2.51. The highest BCUT2D eigenvalue weighted by Crippen LogP contribution is 2.26. The number of carbonyl (C=O) groups excluding carboxylic acids is 1. The number of rotatable bonds is 5. The van der Waals surface area contributed by atoms with Gasteiger partial charge in [0.1, 0.15) is 25.7 Å². The number of carbonyl (C=O) groups is 1. The van der Waals surface area contributed by atoms with Gasteiger partial charge in [-0.2, -0.15) is 0 Å². The SMILES string of the molecule is [B]c1ncncc1Oc1ccc(F)cc1C(=O)N(CC)C(C)C. The first-order valence-electron chi connectivity index (χ1n) is 7.27. The molecule has 2 rings (SSSR count). The lowest BCUT2D eigenvalue weighted by molar-refractivity contribution is 0.0713. The molecule has 23 heavy (non-hydrogen) atoms. The van der Waals surface area contributed by atoms with E-state index in [1.807, 2.05) is 20.8 Å². The predicted octanol–water partition coefficient (Wildman–Crippen LogP) is 2.07. The van der Waals surface area contributed by atoms with Gasteiger partial charge in [-0.15, -0.1) is 0 Å². The van der Waals surface area contributed by atoms with Crippen molar-refractivity contribution in [1.82, 2.24) is 14.9 Å². The first-order valence-corrected chi connectivity index (χ1v) is 7.27. The number of ether oxygens (including phenoxy) is 1. The smallest absolute Gasteiger partial charge is 0.257 e. The maximum Gasteiger partial charge on any atom is 0.257 e. The molecule has 2 aromatic rings. The summed E-state index contributed by atoms with van der Waals surface area (Å²) in [5.41, 5.74) is 0.266. The Kier molecular flexibility index (Phi) is 5.31. The molecular formula is C16H17BFN3O2. The molecule has 0 atom stereocenters. The summed E-state index contributed by atoms with van der Waals surface area (Å²) in [7, 11) is 5.71. The Balaban J connectivity index is 2.42. The predicted molar refractivity (Wildman–Crippen MR) is 85.7 cm³/mol. The first kappa shape index (κ1) is 16.9. The second kappa shape index (κ2) is 7.22. The average molecular weight is 313 g/mol. The van der Waals surface area contributed by atoms with Gasteiger partial charge < -0.3 is 9.64 Å². The number of aromatic nitrogens is 2. The van der Waals surface area contributed by atoms with E-state index in [9.17, 15) is 9.18 Å². The van der Waals surface area contributed by atoms with Crippen LogP contribution in [0.25, 0.3) is 0 Å². The highest BCUT2D eigenvalue weighted by atomic mass is 19.1. The van der Waals surface area contributed by atoms with Crippen LogP contribution in [0, 0.1) is 5.82 Å². The van der Waals surface area contributed by atoms with E-state index in [0.717, 1.165) is 6.07 Å². The van der Waals surface area contributed by atoms with Gasteiger partial charge in [-0.3, -0.25) is 4.79 Å². The van der Waals surface area contributed by atoms with E-state index in [-0.39, 0.29) is 34.6 Å². The third kappa shape index (κ3) is 3.86. The molecule has 5 nitrogen and oxygen atoms in total. The molecule has 1 aromatic heterocycles. The van der Waals surface area contributed by atoms with Gasteiger partial charge in [-0.05, 0) is 39.0 Å². The van der Waals surface area contributed by atoms with E-state index >= 15 is 0 Å². The standard InChI is InChI=1S/C16H17BFN3O2/c1-4-21(10(2)3)16(22)12-7-11(18)5-6-13(12)23-14-8-19-9-20-15(14)17/h5-10H,4H2,1-3H3. The summed E-state index contributed by atoms with van der Waals surface area (Å²) in [5, 5.41) is 0. The second-order valence-corrected chi connectivity index (χ2v) is 5.20. The Bertz CT molecular complexity index is 709. The maximum absolute atomic E-state index is 13.6. The van der Waals surface area contributed by atoms with Gasteiger partial charge in [-0.25, -0.2) is 14.4 Å². The van der Waals surface area contributed by atoms with Crippen molar-refractivity contribution >= 4 is 19.3 Å². The van der Waals surface area contributed by atoms with Gasteiger partial charge in [0.25, 0.3) is 5.91 Å². The van der Waals surface area contributed by atoms with Gasteiger partial charge in [0.15, 0.2) is 5.75 Å². The summed E-state index contributed by atoms with van der Waals surface area (Å²) in [6, 6.07) is 3.75. The summed E-state index contributed by atoms with van der Waals surface area (Å²) >= 11 is 0. The summed E-state index contributed by atoms with van der Waals surface area (Å²) < 4.78 is 19.2. The maximum atomic E-state index is 13.6. The van der Waals surface area contributed by atoms with Gasteiger partial charge in [0.05, 0.1) is 11.8 Å². The molecule has 0 aliphatic rings. The summed E-state index contributed by atoms with van der Waals surface area (Å²) in [6.07, 6.45) is 2.68. The second-order valence-electron chi connectivity index (χ2n) is 5.20. The Hall–Kier alpha value is -2.44. The van der Waals surface area contributed by atoms with E-state index in [1.165, 1.54) is 24.7 Å². The van der Waals surface area contributed by atoms with Gasteiger partial charge in [-0.1, -0.05) is 0 Å². The number of halogens is 1. The van der Waals surface area contributed by atoms with Crippen molar-refractivity contribution < 1.29 is 13.9 Å². The minimum Gasteiger partial charge on any atom is -0.454 e. The van der Waals surface area contributed by atoms with Crippen LogP contribution in [0.15, 0.2) is 30.7 Å². The van der Waals surface area contributed by atoms with Crippen LogP contribution in [0.2, 0.25) is 0 Å². The van der Waals surface area contributed by atoms with Crippen LogP contribution in [0.5, 0.6) is 11.5 Å². The van der Waals surface area contributed by atoms with E-state index in [0.29, 0.717) is 6.54 Å². The van der Waals surface area contributed by atoms with Gasteiger partial charge >= 0.3 is 0 Å². The van der Waals surface area contributed by atoms with Crippen molar-refractivity contribution in [3.63, 3.8) is 0 Å². The number of hydrogen-bond acceptors (Lipinski definition) is 4. The van der Waals surface area contributed by atoms with E-state index < -0.39 is 5.82 Å².